The van der Waals surface area contributed by atoms with Crippen LogP contribution in [0.3, 0.4) is 0 Å². The van der Waals surface area contributed by atoms with E-state index in [0.717, 1.165) is 37.3 Å². The van der Waals surface area contributed by atoms with Gasteiger partial charge in [-0.1, -0.05) is 18.2 Å². The molecule has 2 heterocycles. The topological polar surface area (TPSA) is 42.1 Å². The molecule has 100 valence electrons. The van der Waals surface area contributed by atoms with E-state index in [4.69, 9.17) is 5.73 Å². The molecule has 2 aromatic rings. The molecule has 1 fully saturated rings. The molecule has 1 aliphatic rings. The lowest BCUT2D eigenvalue weighted by atomic mass is 10.0. The van der Waals surface area contributed by atoms with Crippen LogP contribution in [0.4, 0.5) is 0 Å². The molecule has 0 amide bonds. The largest absolute Gasteiger partial charge is 0.327 e. The molecule has 1 atom stereocenters. The van der Waals surface area contributed by atoms with Gasteiger partial charge in [0.2, 0.25) is 0 Å². The van der Waals surface area contributed by atoms with E-state index in [9.17, 15) is 0 Å². The summed E-state index contributed by atoms with van der Waals surface area (Å²) in [6.07, 6.45) is 2.37. The zero-order valence-electron chi connectivity index (χ0n) is 11.5. The second-order valence-corrected chi connectivity index (χ2v) is 5.58. The van der Waals surface area contributed by atoms with Gasteiger partial charge in [-0.25, -0.2) is 0 Å². The standard InChI is InChI=1S/C16H21N3/c1-12-9-13(10-19-8-4-5-14(17)11-19)15-6-2-3-7-16(15)18-12/h2-3,6-7,9,14H,4-5,8,10-11,17H2,1H3/t14-/m1/s1. The Labute approximate surface area is 114 Å². The lowest BCUT2D eigenvalue weighted by molar-refractivity contribution is 0.202. The quantitative estimate of drug-likeness (QED) is 0.896. The number of hydrogen-bond acceptors (Lipinski definition) is 3. The summed E-state index contributed by atoms with van der Waals surface area (Å²) in [6.45, 7) is 5.22. The number of pyridine rings is 1. The molecule has 1 saturated heterocycles. The average molecular weight is 255 g/mol. The number of aromatic nitrogens is 1. The van der Waals surface area contributed by atoms with Gasteiger partial charge in [0.25, 0.3) is 0 Å². The summed E-state index contributed by atoms with van der Waals surface area (Å²) in [7, 11) is 0. The Hall–Kier alpha value is -1.45. The van der Waals surface area contributed by atoms with Crippen molar-refractivity contribution >= 4 is 10.9 Å². The van der Waals surface area contributed by atoms with Crippen LogP contribution in [-0.4, -0.2) is 29.0 Å². The van der Waals surface area contributed by atoms with Crippen LogP contribution in [0.1, 0.15) is 24.1 Å². The molecule has 0 spiro atoms. The third-order valence-electron chi connectivity index (χ3n) is 3.87. The zero-order valence-corrected chi connectivity index (χ0v) is 11.5. The molecule has 0 bridgehead atoms. The van der Waals surface area contributed by atoms with Crippen molar-refractivity contribution in [3.8, 4) is 0 Å². The van der Waals surface area contributed by atoms with E-state index in [2.05, 4.69) is 47.1 Å². The molecule has 0 unspecified atom stereocenters. The Morgan fingerprint density at radius 1 is 1.37 bits per heavy atom. The van der Waals surface area contributed by atoms with E-state index in [1.54, 1.807) is 0 Å². The number of benzene rings is 1. The molecule has 2 N–H and O–H groups in total. The van der Waals surface area contributed by atoms with E-state index in [1.807, 2.05) is 0 Å². The highest BCUT2D eigenvalue weighted by atomic mass is 15.1. The van der Waals surface area contributed by atoms with Gasteiger partial charge in [0.05, 0.1) is 5.52 Å². The fourth-order valence-corrected chi connectivity index (χ4v) is 3.00. The van der Waals surface area contributed by atoms with Gasteiger partial charge in [-0.3, -0.25) is 9.88 Å². The van der Waals surface area contributed by atoms with Crippen LogP contribution in [0, 0.1) is 6.92 Å². The van der Waals surface area contributed by atoms with Crippen LogP contribution in [-0.2, 0) is 6.54 Å². The number of aryl methyl sites for hydroxylation is 1. The number of nitrogens with two attached hydrogens (primary N) is 1. The summed E-state index contributed by atoms with van der Waals surface area (Å²) in [5.41, 5.74) is 9.63. The maximum absolute atomic E-state index is 6.07. The summed E-state index contributed by atoms with van der Waals surface area (Å²) < 4.78 is 0. The first-order chi connectivity index (χ1) is 9.22. The molecule has 0 radical (unpaired) electrons. The van der Waals surface area contributed by atoms with Crippen molar-refractivity contribution in [2.75, 3.05) is 13.1 Å². The van der Waals surface area contributed by atoms with Crippen molar-refractivity contribution in [2.45, 2.75) is 32.4 Å². The lowest BCUT2D eigenvalue weighted by Crippen LogP contribution is -2.42. The molecule has 19 heavy (non-hydrogen) atoms. The lowest BCUT2D eigenvalue weighted by Gasteiger charge is -2.31. The molecule has 1 aliphatic heterocycles. The van der Waals surface area contributed by atoms with Gasteiger partial charge < -0.3 is 5.73 Å². The van der Waals surface area contributed by atoms with Crippen molar-refractivity contribution in [2.24, 2.45) is 5.73 Å². The second kappa shape index (κ2) is 5.27. The van der Waals surface area contributed by atoms with E-state index in [0.29, 0.717) is 6.04 Å². The summed E-state index contributed by atoms with van der Waals surface area (Å²) in [4.78, 5) is 7.07. The first-order valence-electron chi connectivity index (χ1n) is 7.05. The van der Waals surface area contributed by atoms with Gasteiger partial charge in [-0.2, -0.15) is 0 Å². The van der Waals surface area contributed by atoms with E-state index in [1.165, 1.54) is 17.4 Å². The van der Waals surface area contributed by atoms with Crippen LogP contribution in [0.15, 0.2) is 30.3 Å². The van der Waals surface area contributed by atoms with Gasteiger partial charge in [-0.05, 0) is 44.0 Å². The molecule has 1 aromatic carbocycles. The number of piperidine rings is 1. The first-order valence-corrected chi connectivity index (χ1v) is 7.05. The maximum atomic E-state index is 6.07. The monoisotopic (exact) mass is 255 g/mol. The van der Waals surface area contributed by atoms with Crippen molar-refractivity contribution in [1.29, 1.82) is 0 Å². The fraction of sp³-hybridized carbons (Fsp3) is 0.438. The molecular formula is C16H21N3. The number of nitrogens with zero attached hydrogens (tertiary/aromatic N) is 2. The Morgan fingerprint density at radius 2 is 2.21 bits per heavy atom. The van der Waals surface area contributed by atoms with Gasteiger partial charge in [-0.15, -0.1) is 0 Å². The van der Waals surface area contributed by atoms with Gasteiger partial charge >= 0.3 is 0 Å². The first kappa shape index (κ1) is 12.6. The SMILES string of the molecule is Cc1cc(CN2CCC[C@@H](N)C2)c2ccccc2n1. The molecule has 0 aliphatic carbocycles. The average Bonchev–Trinajstić information content (AvgIpc) is 2.38. The maximum Gasteiger partial charge on any atom is 0.0708 e. The van der Waals surface area contributed by atoms with Gasteiger partial charge in [0.1, 0.15) is 0 Å². The number of rotatable bonds is 2. The zero-order chi connectivity index (χ0) is 13.2. The molecule has 3 nitrogen and oxygen atoms in total. The highest BCUT2D eigenvalue weighted by Crippen LogP contribution is 2.21. The molecular weight excluding hydrogens is 234 g/mol. The third kappa shape index (κ3) is 2.77. The highest BCUT2D eigenvalue weighted by molar-refractivity contribution is 5.82. The van der Waals surface area contributed by atoms with Crippen LogP contribution in [0.5, 0.6) is 0 Å². The summed E-state index contributed by atoms with van der Waals surface area (Å²) >= 11 is 0. The van der Waals surface area contributed by atoms with Gasteiger partial charge in [0.15, 0.2) is 0 Å². The third-order valence-corrected chi connectivity index (χ3v) is 3.87. The normalized spacial score (nSPS) is 20.8. The summed E-state index contributed by atoms with van der Waals surface area (Å²) in [5, 5.41) is 1.27. The molecule has 1 aromatic heterocycles. The number of likely N-dealkylation sites (tertiary alicyclic amines) is 1. The smallest absolute Gasteiger partial charge is 0.0708 e. The summed E-state index contributed by atoms with van der Waals surface area (Å²) in [6, 6.07) is 10.9. The minimum absolute atomic E-state index is 0.336. The Balaban J connectivity index is 1.91. The molecule has 3 heteroatoms. The predicted molar refractivity (Wildman–Crippen MR) is 79.0 cm³/mol. The number of hydrogen-bond donors (Lipinski definition) is 1. The predicted octanol–water partition coefficient (Wildman–Crippen LogP) is 2.47. The highest BCUT2D eigenvalue weighted by Gasteiger charge is 2.17. The van der Waals surface area contributed by atoms with Gasteiger partial charge in [0, 0.05) is 30.2 Å². The van der Waals surface area contributed by atoms with E-state index < -0.39 is 0 Å². The Kier molecular flexibility index (Phi) is 3.49. The fourth-order valence-electron chi connectivity index (χ4n) is 3.00. The molecule has 0 saturated carbocycles. The molecule has 3 rings (SSSR count). The Bertz CT molecular complexity index is 579. The van der Waals surface area contributed by atoms with E-state index in [-0.39, 0.29) is 0 Å². The van der Waals surface area contributed by atoms with Crippen LogP contribution >= 0.6 is 0 Å². The van der Waals surface area contributed by atoms with Crippen molar-refractivity contribution in [1.82, 2.24) is 9.88 Å². The van der Waals surface area contributed by atoms with Crippen LogP contribution < -0.4 is 5.73 Å². The van der Waals surface area contributed by atoms with Crippen LogP contribution in [0.25, 0.3) is 10.9 Å². The second-order valence-electron chi connectivity index (χ2n) is 5.58. The van der Waals surface area contributed by atoms with Crippen LogP contribution in [0.2, 0.25) is 0 Å². The minimum atomic E-state index is 0.336. The van der Waals surface area contributed by atoms with Crippen molar-refractivity contribution in [3.05, 3.63) is 41.6 Å². The number of para-hydroxylation sites is 1. The van der Waals surface area contributed by atoms with Crippen molar-refractivity contribution in [3.63, 3.8) is 0 Å². The Morgan fingerprint density at radius 3 is 3.05 bits per heavy atom. The number of fused-ring (bicyclic) bond motifs is 1. The van der Waals surface area contributed by atoms with E-state index >= 15 is 0 Å². The summed E-state index contributed by atoms with van der Waals surface area (Å²) in [5.74, 6) is 0. The minimum Gasteiger partial charge on any atom is -0.327 e. The van der Waals surface area contributed by atoms with Crippen molar-refractivity contribution < 1.29 is 0 Å².